The number of aromatic amines is 1. The van der Waals surface area contributed by atoms with Crippen LogP contribution in [-0.2, 0) is 0 Å². The van der Waals surface area contributed by atoms with Crippen LogP contribution in [0.15, 0.2) is 18.2 Å². The number of anilines is 2. The first kappa shape index (κ1) is 12.5. The first-order valence-electron chi connectivity index (χ1n) is 5.21. The van der Waals surface area contributed by atoms with Crippen molar-refractivity contribution in [3.63, 3.8) is 0 Å². The molecule has 98 valence electrons. The lowest BCUT2D eigenvalue weighted by atomic mass is 10.2. The molecule has 1 heterocycles. The molecule has 0 fully saturated rings. The molecule has 9 nitrogen and oxygen atoms in total. The van der Waals surface area contributed by atoms with E-state index in [0.29, 0.717) is 5.56 Å². The number of nitrogen functional groups attached to an aromatic ring is 1. The number of nitrogens with one attached hydrogen (secondary N) is 2. The number of nitrogens with zero attached hydrogens (tertiary/aromatic N) is 3. The van der Waals surface area contributed by atoms with Crippen LogP contribution >= 0.6 is 0 Å². The predicted molar refractivity (Wildman–Crippen MR) is 66.6 cm³/mol. The van der Waals surface area contributed by atoms with Crippen LogP contribution in [0.2, 0.25) is 0 Å². The maximum absolute atomic E-state index is 11.8. The van der Waals surface area contributed by atoms with Gasteiger partial charge in [-0.15, -0.1) is 5.10 Å². The molecule has 0 spiro atoms. The molecule has 1 aromatic heterocycles. The van der Waals surface area contributed by atoms with Gasteiger partial charge in [0.25, 0.3) is 11.6 Å². The molecule has 0 aliphatic carbocycles. The molecule has 19 heavy (non-hydrogen) atoms. The number of carbonyl (C=O) groups excluding carboxylic acids is 1. The van der Waals surface area contributed by atoms with E-state index < -0.39 is 10.8 Å². The van der Waals surface area contributed by atoms with Crippen LogP contribution < -0.4 is 11.1 Å². The number of hydrogen-bond donors (Lipinski definition) is 3. The van der Waals surface area contributed by atoms with E-state index in [4.69, 9.17) is 5.73 Å². The maximum atomic E-state index is 11.8. The second-order valence-corrected chi connectivity index (χ2v) is 3.77. The van der Waals surface area contributed by atoms with E-state index in [1.807, 2.05) is 0 Å². The molecule has 0 radical (unpaired) electrons. The molecule has 9 heteroatoms. The van der Waals surface area contributed by atoms with Crippen LogP contribution in [0.25, 0.3) is 0 Å². The fourth-order valence-electron chi connectivity index (χ4n) is 1.46. The molecular formula is C10H10N6O3. The normalized spacial score (nSPS) is 10.2. The number of nitro benzene ring substituents is 1. The third kappa shape index (κ3) is 2.65. The van der Waals surface area contributed by atoms with E-state index in [2.05, 4.69) is 20.5 Å². The van der Waals surface area contributed by atoms with Gasteiger partial charge in [-0.2, -0.15) is 4.98 Å². The van der Waals surface area contributed by atoms with Gasteiger partial charge in [0.15, 0.2) is 0 Å². The Hall–Kier alpha value is -2.97. The van der Waals surface area contributed by atoms with Crippen molar-refractivity contribution >= 4 is 23.2 Å². The second kappa shape index (κ2) is 4.72. The molecule has 0 unspecified atom stereocenters. The first-order valence-corrected chi connectivity index (χ1v) is 5.21. The van der Waals surface area contributed by atoms with Gasteiger partial charge < -0.3 is 11.1 Å². The van der Waals surface area contributed by atoms with Gasteiger partial charge in [-0.05, 0) is 18.6 Å². The van der Waals surface area contributed by atoms with Crippen LogP contribution in [0.1, 0.15) is 16.2 Å². The van der Waals surface area contributed by atoms with E-state index in [1.165, 1.54) is 12.1 Å². The van der Waals surface area contributed by atoms with Gasteiger partial charge in [0.2, 0.25) is 11.8 Å². The summed E-state index contributed by atoms with van der Waals surface area (Å²) in [5, 5.41) is 19.1. The van der Waals surface area contributed by atoms with Gasteiger partial charge in [0.1, 0.15) is 5.69 Å². The Labute approximate surface area is 107 Å². The summed E-state index contributed by atoms with van der Waals surface area (Å²) in [5.41, 5.74) is 5.87. The highest BCUT2D eigenvalue weighted by atomic mass is 16.6. The van der Waals surface area contributed by atoms with Crippen LogP contribution in [0.5, 0.6) is 0 Å². The van der Waals surface area contributed by atoms with Crippen molar-refractivity contribution in [2.75, 3.05) is 11.1 Å². The van der Waals surface area contributed by atoms with Crippen LogP contribution in [0, 0.1) is 17.0 Å². The molecule has 0 saturated carbocycles. The summed E-state index contributed by atoms with van der Waals surface area (Å²) in [6.07, 6.45) is 0. The van der Waals surface area contributed by atoms with Gasteiger partial charge >= 0.3 is 0 Å². The van der Waals surface area contributed by atoms with Crippen LogP contribution in [-0.4, -0.2) is 26.0 Å². The minimum absolute atomic E-state index is 0.0792. The molecule has 2 rings (SSSR count). The van der Waals surface area contributed by atoms with Crippen molar-refractivity contribution in [3.8, 4) is 0 Å². The van der Waals surface area contributed by atoms with Crippen LogP contribution in [0.4, 0.5) is 17.3 Å². The van der Waals surface area contributed by atoms with Gasteiger partial charge in [-0.25, -0.2) is 0 Å². The number of carbonyl (C=O) groups is 1. The Morgan fingerprint density at radius 2 is 2.26 bits per heavy atom. The molecule has 1 amide bonds. The zero-order valence-corrected chi connectivity index (χ0v) is 9.88. The zero-order chi connectivity index (χ0) is 14.0. The zero-order valence-electron chi connectivity index (χ0n) is 9.88. The Balaban J connectivity index is 2.28. The molecule has 0 aliphatic heterocycles. The standard InChI is InChI=1S/C10H10N6O3/c1-5-2-3-6(7(4-5)16(18)19)12-9(17)8-13-10(11)15-14-8/h2-4H,1H3,(H,12,17)(H3,11,13,14,15). The van der Waals surface area contributed by atoms with E-state index >= 15 is 0 Å². The average molecular weight is 262 g/mol. The number of hydrogen-bond acceptors (Lipinski definition) is 6. The SMILES string of the molecule is Cc1ccc(NC(=O)c2nc(N)n[nH]2)c([N+](=O)[O-])c1. The van der Waals surface area contributed by atoms with E-state index in [1.54, 1.807) is 13.0 Å². The molecular weight excluding hydrogens is 252 g/mol. The van der Waals surface area contributed by atoms with Gasteiger partial charge in [-0.3, -0.25) is 20.0 Å². The monoisotopic (exact) mass is 262 g/mol. The minimum Gasteiger partial charge on any atom is -0.366 e. The number of aryl methyl sites for hydroxylation is 1. The minimum atomic E-state index is -0.656. The summed E-state index contributed by atoms with van der Waals surface area (Å²) in [5.74, 6) is -0.855. The quantitative estimate of drug-likeness (QED) is 0.553. The van der Waals surface area contributed by atoms with Crippen molar-refractivity contribution in [1.82, 2.24) is 15.2 Å². The Morgan fingerprint density at radius 1 is 1.53 bits per heavy atom. The fraction of sp³-hybridized carbons (Fsp3) is 0.100. The lowest BCUT2D eigenvalue weighted by Gasteiger charge is -2.04. The number of amides is 1. The smallest absolute Gasteiger partial charge is 0.293 e. The molecule has 4 N–H and O–H groups in total. The van der Waals surface area contributed by atoms with Crippen molar-refractivity contribution < 1.29 is 9.72 Å². The third-order valence-electron chi connectivity index (χ3n) is 2.32. The van der Waals surface area contributed by atoms with E-state index in [-0.39, 0.29) is 23.1 Å². The lowest BCUT2D eigenvalue weighted by molar-refractivity contribution is -0.384. The molecule has 0 atom stereocenters. The Morgan fingerprint density at radius 3 is 2.84 bits per heavy atom. The summed E-state index contributed by atoms with van der Waals surface area (Å²) in [4.78, 5) is 25.7. The molecule has 1 aromatic carbocycles. The van der Waals surface area contributed by atoms with Crippen molar-refractivity contribution in [1.29, 1.82) is 0 Å². The first-order chi connectivity index (χ1) is 8.97. The average Bonchev–Trinajstić information content (AvgIpc) is 2.78. The summed E-state index contributed by atoms with van der Waals surface area (Å²) in [6.45, 7) is 1.72. The van der Waals surface area contributed by atoms with Gasteiger partial charge in [0, 0.05) is 6.07 Å². The Kier molecular flexibility index (Phi) is 3.10. The highest BCUT2D eigenvalue weighted by molar-refractivity contribution is 6.03. The topological polar surface area (TPSA) is 140 Å². The highest BCUT2D eigenvalue weighted by Gasteiger charge is 2.18. The largest absolute Gasteiger partial charge is 0.366 e. The van der Waals surface area contributed by atoms with E-state index in [0.717, 1.165) is 0 Å². The third-order valence-corrected chi connectivity index (χ3v) is 2.32. The van der Waals surface area contributed by atoms with Crippen molar-refractivity contribution in [3.05, 3.63) is 39.7 Å². The molecule has 0 bridgehead atoms. The summed E-state index contributed by atoms with van der Waals surface area (Å²) < 4.78 is 0. The number of rotatable bonds is 3. The van der Waals surface area contributed by atoms with E-state index in [9.17, 15) is 14.9 Å². The fourth-order valence-corrected chi connectivity index (χ4v) is 1.46. The second-order valence-electron chi connectivity index (χ2n) is 3.77. The van der Waals surface area contributed by atoms with Crippen molar-refractivity contribution in [2.45, 2.75) is 6.92 Å². The number of benzene rings is 1. The molecule has 0 saturated heterocycles. The predicted octanol–water partition coefficient (Wildman–Crippen LogP) is 0.856. The number of aromatic nitrogens is 3. The molecule has 0 aliphatic rings. The summed E-state index contributed by atoms with van der Waals surface area (Å²) in [7, 11) is 0. The van der Waals surface area contributed by atoms with Crippen LogP contribution in [0.3, 0.4) is 0 Å². The van der Waals surface area contributed by atoms with Gasteiger partial charge in [0.05, 0.1) is 4.92 Å². The summed E-state index contributed by atoms with van der Waals surface area (Å²) >= 11 is 0. The lowest BCUT2D eigenvalue weighted by Crippen LogP contribution is -2.15. The Bertz CT molecular complexity index is 650. The van der Waals surface area contributed by atoms with Gasteiger partial charge in [-0.1, -0.05) is 6.07 Å². The maximum Gasteiger partial charge on any atom is 0.293 e. The number of nitro groups is 1. The van der Waals surface area contributed by atoms with Crippen molar-refractivity contribution in [2.24, 2.45) is 0 Å². The molecule has 2 aromatic rings. The number of nitrogens with two attached hydrogens (primary N) is 1. The number of H-pyrrole nitrogens is 1. The highest BCUT2D eigenvalue weighted by Crippen LogP contribution is 2.25. The summed E-state index contributed by atoms with van der Waals surface area (Å²) in [6, 6.07) is 4.47.